The van der Waals surface area contributed by atoms with E-state index in [0.717, 1.165) is 12.5 Å². The Morgan fingerprint density at radius 1 is 1.75 bits per heavy atom. The van der Waals surface area contributed by atoms with Crippen molar-refractivity contribution in [3.8, 4) is 0 Å². The number of nitrogens with one attached hydrogen (secondary N) is 1. The van der Waals surface area contributed by atoms with Crippen LogP contribution >= 0.6 is 0 Å². The number of amides is 1. The summed E-state index contributed by atoms with van der Waals surface area (Å²) in [5.41, 5.74) is 5.89. The molecule has 1 aliphatic carbocycles. The summed E-state index contributed by atoms with van der Waals surface area (Å²) in [5.74, 6) is 1.33. The molecule has 2 unspecified atom stereocenters. The highest BCUT2D eigenvalue weighted by atomic mass is 16.1. The van der Waals surface area contributed by atoms with E-state index in [1.54, 1.807) is 12.5 Å². The number of hydrogen-bond donors (Lipinski definition) is 2. The molecule has 0 spiro atoms. The average molecular weight is 222 g/mol. The molecule has 1 heterocycles. The summed E-state index contributed by atoms with van der Waals surface area (Å²) in [5, 5.41) is 2.90. The first kappa shape index (κ1) is 11.1. The molecule has 3 N–H and O–H groups in total. The van der Waals surface area contributed by atoms with Crippen LogP contribution in [-0.4, -0.2) is 28.5 Å². The summed E-state index contributed by atoms with van der Waals surface area (Å²) in [4.78, 5) is 15.7. The number of aromatic nitrogens is 2. The number of rotatable bonds is 5. The number of carbonyl (C=O) groups excluding carboxylic acids is 1. The number of carbonyl (C=O) groups is 1. The lowest BCUT2D eigenvalue weighted by atomic mass is 10.3. The minimum Gasteiger partial charge on any atom is -0.350 e. The van der Waals surface area contributed by atoms with E-state index < -0.39 is 0 Å². The molecule has 0 radical (unpaired) electrons. The monoisotopic (exact) mass is 222 g/mol. The Hall–Kier alpha value is -1.36. The van der Waals surface area contributed by atoms with E-state index in [2.05, 4.69) is 17.2 Å². The zero-order valence-electron chi connectivity index (χ0n) is 9.52. The van der Waals surface area contributed by atoms with Gasteiger partial charge in [0.25, 0.3) is 5.91 Å². The molecular formula is C11H18N4O. The summed E-state index contributed by atoms with van der Waals surface area (Å²) in [6.45, 7) is 4.22. The maximum atomic E-state index is 11.7. The zero-order chi connectivity index (χ0) is 11.5. The highest BCUT2D eigenvalue weighted by molar-refractivity contribution is 5.92. The Kier molecular flexibility index (Phi) is 3.24. The molecule has 2 rings (SSSR count). The van der Waals surface area contributed by atoms with Gasteiger partial charge in [-0.15, -0.1) is 0 Å². The molecule has 1 aromatic rings. The summed E-state index contributed by atoms with van der Waals surface area (Å²) in [7, 11) is 0. The van der Waals surface area contributed by atoms with Crippen molar-refractivity contribution < 1.29 is 4.79 Å². The Morgan fingerprint density at radius 2 is 2.50 bits per heavy atom. The van der Waals surface area contributed by atoms with Gasteiger partial charge in [0.05, 0.1) is 6.33 Å². The number of hydrogen-bond acceptors (Lipinski definition) is 3. The van der Waals surface area contributed by atoms with Crippen molar-refractivity contribution >= 4 is 5.91 Å². The van der Waals surface area contributed by atoms with Gasteiger partial charge in [-0.3, -0.25) is 4.79 Å². The predicted molar refractivity (Wildman–Crippen MR) is 60.9 cm³/mol. The van der Waals surface area contributed by atoms with Crippen molar-refractivity contribution in [2.45, 2.75) is 19.9 Å². The Morgan fingerprint density at radius 3 is 3.12 bits per heavy atom. The molecule has 0 aliphatic heterocycles. The van der Waals surface area contributed by atoms with Crippen LogP contribution in [0.5, 0.6) is 0 Å². The van der Waals surface area contributed by atoms with Gasteiger partial charge in [0.1, 0.15) is 5.69 Å². The summed E-state index contributed by atoms with van der Waals surface area (Å²) >= 11 is 0. The third-order valence-corrected chi connectivity index (χ3v) is 3.05. The van der Waals surface area contributed by atoms with Crippen LogP contribution in [0.4, 0.5) is 0 Å². The first-order chi connectivity index (χ1) is 7.70. The Bertz CT molecular complexity index is 374. The van der Waals surface area contributed by atoms with Gasteiger partial charge in [-0.1, -0.05) is 6.92 Å². The molecule has 0 saturated heterocycles. The van der Waals surface area contributed by atoms with Crippen molar-refractivity contribution in [2.24, 2.45) is 17.6 Å². The second-order valence-corrected chi connectivity index (χ2v) is 4.47. The molecule has 5 heteroatoms. The van der Waals surface area contributed by atoms with E-state index in [1.807, 2.05) is 4.57 Å². The van der Waals surface area contributed by atoms with Gasteiger partial charge in [0.2, 0.25) is 0 Å². The highest BCUT2D eigenvalue weighted by Crippen LogP contribution is 2.36. The molecule has 1 amide bonds. The van der Waals surface area contributed by atoms with Gasteiger partial charge in [0.15, 0.2) is 0 Å². The third kappa shape index (κ3) is 2.61. The predicted octanol–water partition coefficient (Wildman–Crippen LogP) is 0.228. The van der Waals surface area contributed by atoms with E-state index in [1.165, 1.54) is 6.42 Å². The minimum absolute atomic E-state index is 0.0881. The van der Waals surface area contributed by atoms with Crippen molar-refractivity contribution in [1.82, 2.24) is 14.9 Å². The van der Waals surface area contributed by atoms with Gasteiger partial charge in [-0.05, 0) is 18.3 Å². The fourth-order valence-electron chi connectivity index (χ4n) is 1.75. The molecule has 1 aliphatic rings. The summed E-state index contributed by atoms with van der Waals surface area (Å²) < 4.78 is 1.83. The molecule has 5 nitrogen and oxygen atoms in total. The van der Waals surface area contributed by atoms with E-state index in [0.29, 0.717) is 24.7 Å². The number of nitrogens with zero attached hydrogens (tertiary/aromatic N) is 2. The lowest BCUT2D eigenvalue weighted by Crippen LogP contribution is -2.26. The highest BCUT2D eigenvalue weighted by Gasteiger charge is 2.32. The van der Waals surface area contributed by atoms with Crippen molar-refractivity contribution in [3.05, 3.63) is 18.2 Å². The second kappa shape index (κ2) is 4.65. The van der Waals surface area contributed by atoms with Crippen LogP contribution in [0.25, 0.3) is 0 Å². The van der Waals surface area contributed by atoms with Crippen LogP contribution in [0.2, 0.25) is 0 Å². The molecule has 1 saturated carbocycles. The minimum atomic E-state index is -0.0881. The van der Waals surface area contributed by atoms with Gasteiger partial charge in [-0.2, -0.15) is 0 Å². The third-order valence-electron chi connectivity index (χ3n) is 3.05. The first-order valence-corrected chi connectivity index (χ1v) is 5.70. The molecular weight excluding hydrogens is 204 g/mol. The molecule has 88 valence electrons. The van der Waals surface area contributed by atoms with E-state index >= 15 is 0 Å². The molecule has 1 fully saturated rings. The largest absolute Gasteiger partial charge is 0.350 e. The van der Waals surface area contributed by atoms with Crippen LogP contribution in [0.1, 0.15) is 23.8 Å². The van der Waals surface area contributed by atoms with Crippen LogP contribution in [0, 0.1) is 11.8 Å². The SMILES string of the molecule is CC1CC1CNC(=O)c1cn(CCN)cn1. The van der Waals surface area contributed by atoms with E-state index in [4.69, 9.17) is 5.73 Å². The molecule has 1 aromatic heterocycles. The Balaban J connectivity index is 1.82. The molecule has 16 heavy (non-hydrogen) atoms. The van der Waals surface area contributed by atoms with E-state index in [-0.39, 0.29) is 5.91 Å². The van der Waals surface area contributed by atoms with Gasteiger partial charge in [0, 0.05) is 25.8 Å². The van der Waals surface area contributed by atoms with Crippen LogP contribution < -0.4 is 11.1 Å². The standard InChI is InChI=1S/C11H18N4O/c1-8-4-9(8)5-13-11(16)10-6-15(3-2-12)7-14-10/h6-9H,2-5,12H2,1H3,(H,13,16). The normalized spacial score (nSPS) is 23.1. The smallest absolute Gasteiger partial charge is 0.271 e. The second-order valence-electron chi connectivity index (χ2n) is 4.47. The van der Waals surface area contributed by atoms with Crippen molar-refractivity contribution in [2.75, 3.05) is 13.1 Å². The fourth-order valence-corrected chi connectivity index (χ4v) is 1.75. The zero-order valence-corrected chi connectivity index (χ0v) is 9.52. The van der Waals surface area contributed by atoms with Crippen LogP contribution in [-0.2, 0) is 6.54 Å². The van der Waals surface area contributed by atoms with E-state index in [9.17, 15) is 4.79 Å². The van der Waals surface area contributed by atoms with Crippen LogP contribution in [0.3, 0.4) is 0 Å². The molecule has 0 bridgehead atoms. The lowest BCUT2D eigenvalue weighted by molar-refractivity contribution is 0.0946. The average Bonchev–Trinajstić information content (AvgIpc) is 2.78. The van der Waals surface area contributed by atoms with Crippen molar-refractivity contribution in [1.29, 1.82) is 0 Å². The first-order valence-electron chi connectivity index (χ1n) is 5.70. The topological polar surface area (TPSA) is 72.9 Å². The van der Waals surface area contributed by atoms with Gasteiger partial charge in [-0.25, -0.2) is 4.98 Å². The number of nitrogens with two attached hydrogens (primary N) is 1. The summed E-state index contributed by atoms with van der Waals surface area (Å²) in [6, 6.07) is 0. The quantitative estimate of drug-likeness (QED) is 0.749. The van der Waals surface area contributed by atoms with Crippen molar-refractivity contribution in [3.63, 3.8) is 0 Å². The lowest BCUT2D eigenvalue weighted by Gasteiger charge is -2.01. The Labute approximate surface area is 95.0 Å². The maximum Gasteiger partial charge on any atom is 0.271 e. The molecule has 0 aromatic carbocycles. The van der Waals surface area contributed by atoms with Crippen LogP contribution in [0.15, 0.2) is 12.5 Å². The van der Waals surface area contributed by atoms with Gasteiger partial charge < -0.3 is 15.6 Å². The maximum absolute atomic E-state index is 11.7. The number of imidazole rings is 1. The van der Waals surface area contributed by atoms with Gasteiger partial charge >= 0.3 is 0 Å². The summed E-state index contributed by atoms with van der Waals surface area (Å²) in [6.07, 6.45) is 4.60. The molecule has 2 atom stereocenters. The fraction of sp³-hybridized carbons (Fsp3) is 0.636.